The topological polar surface area (TPSA) is 12.9 Å². The zero-order valence-electron chi connectivity index (χ0n) is 8.42. The third kappa shape index (κ3) is 2.11. The first kappa shape index (κ1) is 9.20. The average molecular weight is 195 g/mol. The lowest BCUT2D eigenvalue weighted by Crippen LogP contribution is -2.11. The molecule has 1 aliphatic carbocycles. The van der Waals surface area contributed by atoms with E-state index in [1.807, 2.05) is 11.3 Å². The van der Waals surface area contributed by atoms with E-state index in [4.69, 9.17) is 0 Å². The maximum absolute atomic E-state index is 4.59. The molecule has 1 fully saturated rings. The second kappa shape index (κ2) is 3.79. The van der Waals surface area contributed by atoms with Gasteiger partial charge in [0.25, 0.3) is 0 Å². The van der Waals surface area contributed by atoms with E-state index in [9.17, 15) is 0 Å². The Morgan fingerprint density at radius 3 is 2.92 bits per heavy atom. The van der Waals surface area contributed by atoms with Crippen molar-refractivity contribution in [1.82, 2.24) is 4.98 Å². The van der Waals surface area contributed by atoms with Crippen molar-refractivity contribution in [2.24, 2.45) is 5.92 Å². The highest BCUT2D eigenvalue weighted by Crippen LogP contribution is 2.36. The molecule has 1 aliphatic rings. The molecule has 2 heteroatoms. The number of nitrogens with zero attached hydrogens (tertiary/aromatic N) is 1. The highest BCUT2D eigenvalue weighted by Gasteiger charge is 2.22. The molecule has 1 heterocycles. The Morgan fingerprint density at radius 1 is 1.46 bits per heavy atom. The van der Waals surface area contributed by atoms with E-state index in [1.165, 1.54) is 36.4 Å². The predicted octanol–water partition coefficient (Wildman–Crippen LogP) is 3.75. The lowest BCUT2D eigenvalue weighted by molar-refractivity contribution is 0.343. The van der Waals surface area contributed by atoms with Gasteiger partial charge < -0.3 is 0 Å². The summed E-state index contributed by atoms with van der Waals surface area (Å²) in [5.74, 6) is 1.67. The first-order chi connectivity index (χ1) is 6.25. The fraction of sp³-hybridized carbons (Fsp3) is 0.727. The van der Waals surface area contributed by atoms with Gasteiger partial charge >= 0.3 is 0 Å². The molecular formula is C11H17NS. The van der Waals surface area contributed by atoms with E-state index in [0.29, 0.717) is 0 Å². The minimum absolute atomic E-state index is 0.766. The van der Waals surface area contributed by atoms with Gasteiger partial charge in [0, 0.05) is 17.0 Å². The van der Waals surface area contributed by atoms with Crippen molar-refractivity contribution in [3.8, 4) is 0 Å². The molecule has 13 heavy (non-hydrogen) atoms. The highest BCUT2D eigenvalue weighted by atomic mass is 32.1. The highest BCUT2D eigenvalue weighted by molar-refractivity contribution is 7.09. The van der Waals surface area contributed by atoms with Gasteiger partial charge in [-0.2, -0.15) is 0 Å². The van der Waals surface area contributed by atoms with E-state index in [2.05, 4.69) is 24.2 Å². The Kier molecular flexibility index (Phi) is 2.68. The first-order valence-corrected chi connectivity index (χ1v) is 6.05. The van der Waals surface area contributed by atoms with Crippen molar-refractivity contribution >= 4 is 11.3 Å². The molecule has 0 N–H and O–H groups in total. The standard InChI is InChI=1S/C11H17NS/c1-8-4-3-5-10(6-8)11-12-9(2)7-13-11/h7-8,10H,3-6H2,1-2H3. The fourth-order valence-electron chi connectivity index (χ4n) is 2.22. The molecule has 72 valence electrons. The van der Waals surface area contributed by atoms with Gasteiger partial charge in [-0.25, -0.2) is 4.98 Å². The van der Waals surface area contributed by atoms with E-state index in [1.54, 1.807) is 0 Å². The Labute approximate surface area is 84.2 Å². The van der Waals surface area contributed by atoms with E-state index in [0.717, 1.165) is 11.8 Å². The lowest BCUT2D eigenvalue weighted by Gasteiger charge is -2.24. The van der Waals surface area contributed by atoms with E-state index >= 15 is 0 Å². The maximum atomic E-state index is 4.59. The van der Waals surface area contributed by atoms with Crippen LogP contribution in [0.25, 0.3) is 0 Å². The van der Waals surface area contributed by atoms with Crippen LogP contribution in [0.2, 0.25) is 0 Å². The third-order valence-electron chi connectivity index (χ3n) is 2.92. The van der Waals surface area contributed by atoms with Crippen molar-refractivity contribution in [1.29, 1.82) is 0 Å². The van der Waals surface area contributed by atoms with E-state index < -0.39 is 0 Å². The SMILES string of the molecule is Cc1csc(C2CCCC(C)C2)n1. The van der Waals surface area contributed by atoms with Gasteiger partial charge in [0.15, 0.2) is 0 Å². The Bertz CT molecular complexity index is 279. The molecule has 0 radical (unpaired) electrons. The van der Waals surface area contributed by atoms with Gasteiger partial charge in [-0.3, -0.25) is 0 Å². The monoisotopic (exact) mass is 195 g/mol. The minimum Gasteiger partial charge on any atom is -0.246 e. The van der Waals surface area contributed by atoms with Crippen LogP contribution < -0.4 is 0 Å². The van der Waals surface area contributed by atoms with Crippen LogP contribution >= 0.6 is 11.3 Å². The van der Waals surface area contributed by atoms with Gasteiger partial charge in [0.2, 0.25) is 0 Å². The second-order valence-corrected chi connectivity index (χ2v) is 5.19. The zero-order valence-corrected chi connectivity index (χ0v) is 9.23. The quantitative estimate of drug-likeness (QED) is 0.665. The molecule has 0 amide bonds. The Balaban J connectivity index is 2.08. The Hall–Kier alpha value is -0.370. The molecule has 1 nitrogen and oxygen atoms in total. The number of hydrogen-bond acceptors (Lipinski definition) is 2. The average Bonchev–Trinajstić information content (AvgIpc) is 2.52. The van der Waals surface area contributed by atoms with Gasteiger partial charge in [-0.1, -0.05) is 19.8 Å². The van der Waals surface area contributed by atoms with Gasteiger partial charge in [-0.15, -0.1) is 11.3 Å². The normalized spacial score (nSPS) is 29.1. The molecule has 0 aromatic carbocycles. The number of aryl methyl sites for hydroxylation is 1. The summed E-state index contributed by atoms with van der Waals surface area (Å²) < 4.78 is 0. The summed E-state index contributed by atoms with van der Waals surface area (Å²) in [6.45, 7) is 4.46. The summed E-state index contributed by atoms with van der Waals surface area (Å²) in [5, 5.41) is 3.55. The molecule has 0 saturated heterocycles. The summed E-state index contributed by atoms with van der Waals surface area (Å²) in [6.07, 6.45) is 5.52. The van der Waals surface area contributed by atoms with Crippen LogP contribution in [0.15, 0.2) is 5.38 Å². The van der Waals surface area contributed by atoms with Crippen molar-refractivity contribution in [3.63, 3.8) is 0 Å². The minimum atomic E-state index is 0.766. The largest absolute Gasteiger partial charge is 0.246 e. The summed E-state index contributed by atoms with van der Waals surface area (Å²) in [7, 11) is 0. The third-order valence-corrected chi connectivity index (χ3v) is 4.05. The van der Waals surface area contributed by atoms with Gasteiger partial charge in [0.1, 0.15) is 0 Å². The molecule has 0 bridgehead atoms. The fourth-order valence-corrected chi connectivity index (χ4v) is 3.17. The van der Waals surface area contributed by atoms with Crippen LogP contribution in [0, 0.1) is 12.8 Å². The molecule has 2 unspecified atom stereocenters. The Morgan fingerprint density at radius 2 is 2.31 bits per heavy atom. The number of aromatic nitrogens is 1. The first-order valence-electron chi connectivity index (χ1n) is 5.17. The molecule has 1 aromatic heterocycles. The molecule has 0 spiro atoms. The second-order valence-electron chi connectivity index (χ2n) is 4.30. The van der Waals surface area contributed by atoms with E-state index in [-0.39, 0.29) is 0 Å². The summed E-state index contributed by atoms with van der Waals surface area (Å²) in [4.78, 5) is 4.59. The van der Waals surface area contributed by atoms with Crippen molar-refractivity contribution in [2.45, 2.75) is 45.4 Å². The van der Waals surface area contributed by atoms with Crippen molar-refractivity contribution in [3.05, 3.63) is 16.1 Å². The molecular weight excluding hydrogens is 178 g/mol. The maximum Gasteiger partial charge on any atom is 0.0959 e. The number of hydrogen-bond donors (Lipinski definition) is 0. The summed E-state index contributed by atoms with van der Waals surface area (Å²) in [6, 6.07) is 0. The number of thiazole rings is 1. The van der Waals surface area contributed by atoms with Crippen LogP contribution in [-0.2, 0) is 0 Å². The van der Waals surface area contributed by atoms with Crippen LogP contribution in [0.1, 0.15) is 49.2 Å². The smallest absolute Gasteiger partial charge is 0.0959 e. The molecule has 1 saturated carbocycles. The zero-order chi connectivity index (χ0) is 9.26. The van der Waals surface area contributed by atoms with Crippen LogP contribution in [0.5, 0.6) is 0 Å². The van der Waals surface area contributed by atoms with Crippen LogP contribution in [0.4, 0.5) is 0 Å². The molecule has 2 rings (SSSR count). The molecule has 2 atom stereocenters. The molecule has 0 aliphatic heterocycles. The van der Waals surface area contributed by atoms with Gasteiger partial charge in [-0.05, 0) is 25.7 Å². The predicted molar refractivity (Wildman–Crippen MR) is 57.2 cm³/mol. The van der Waals surface area contributed by atoms with Gasteiger partial charge in [0.05, 0.1) is 5.01 Å². The van der Waals surface area contributed by atoms with Crippen LogP contribution in [-0.4, -0.2) is 4.98 Å². The molecule has 1 aromatic rings. The summed E-state index contributed by atoms with van der Waals surface area (Å²) in [5.41, 5.74) is 1.19. The van der Waals surface area contributed by atoms with Crippen LogP contribution in [0.3, 0.4) is 0 Å². The summed E-state index contributed by atoms with van der Waals surface area (Å²) >= 11 is 1.85. The van der Waals surface area contributed by atoms with Crippen molar-refractivity contribution in [2.75, 3.05) is 0 Å². The van der Waals surface area contributed by atoms with Crippen molar-refractivity contribution < 1.29 is 0 Å². The lowest BCUT2D eigenvalue weighted by atomic mass is 9.83. The number of rotatable bonds is 1.